The van der Waals surface area contributed by atoms with Gasteiger partial charge in [-0.1, -0.05) is 34.6 Å². The number of aromatic nitrogens is 3. The Kier molecular flexibility index (Phi) is 16.2. The third-order valence-electron chi connectivity index (χ3n) is 12.1. The van der Waals surface area contributed by atoms with Gasteiger partial charge in [-0.15, -0.1) is 34.0 Å². The molecule has 0 radical (unpaired) electrons. The number of esters is 3. The van der Waals surface area contributed by atoms with Crippen LogP contribution in [-0.2, 0) is 45.4 Å². The first-order valence-corrected chi connectivity index (χ1v) is 22.5. The Morgan fingerprint density at radius 1 is 0.643 bits per heavy atom. The largest absolute Gasteiger partial charge is 0.466 e. The minimum absolute atomic E-state index is 0.00296. The van der Waals surface area contributed by atoms with E-state index in [-0.39, 0.29) is 58.8 Å². The maximum atomic E-state index is 11.9. The second kappa shape index (κ2) is 19.8. The van der Waals surface area contributed by atoms with Crippen LogP contribution in [0.3, 0.4) is 0 Å². The number of ether oxygens (including phenoxy) is 3. The molecule has 12 nitrogen and oxygen atoms in total. The quantitative estimate of drug-likeness (QED) is 0.142. The summed E-state index contributed by atoms with van der Waals surface area (Å²) >= 11 is 4.43. The van der Waals surface area contributed by atoms with Crippen molar-refractivity contribution in [2.45, 2.75) is 124 Å². The van der Waals surface area contributed by atoms with Crippen LogP contribution in [0.4, 0.5) is 0 Å². The van der Waals surface area contributed by atoms with Gasteiger partial charge in [0.1, 0.15) is 31.8 Å². The first kappa shape index (κ1) is 45.9. The number of carbonyl (C=O) groups excluding carboxylic acids is 3. The molecule has 3 N–H and O–H groups in total. The highest BCUT2D eigenvalue weighted by Crippen LogP contribution is 2.53. The van der Waals surface area contributed by atoms with Gasteiger partial charge in [-0.3, -0.25) is 14.4 Å². The van der Waals surface area contributed by atoms with Gasteiger partial charge in [-0.25, -0.2) is 15.0 Å². The molecule has 3 aromatic heterocycles. The predicted molar refractivity (Wildman–Crippen MR) is 217 cm³/mol. The molecule has 0 bridgehead atoms. The van der Waals surface area contributed by atoms with Crippen LogP contribution in [0.5, 0.6) is 0 Å². The molecule has 3 saturated carbocycles. The van der Waals surface area contributed by atoms with E-state index in [1.807, 2.05) is 71.5 Å². The van der Waals surface area contributed by atoms with Crippen molar-refractivity contribution >= 4 is 51.9 Å². The monoisotopic (exact) mass is 835 g/mol. The number of hydrogen-bond donors (Lipinski definition) is 3. The summed E-state index contributed by atoms with van der Waals surface area (Å²) in [6.45, 7) is 16.6. The molecule has 15 heteroatoms. The van der Waals surface area contributed by atoms with E-state index in [9.17, 15) is 29.7 Å². The van der Waals surface area contributed by atoms with Gasteiger partial charge in [-0.2, -0.15) is 0 Å². The summed E-state index contributed by atoms with van der Waals surface area (Å²) in [6, 6.07) is 0. The highest BCUT2D eigenvalue weighted by atomic mass is 32.1. The maximum absolute atomic E-state index is 11.9. The predicted octanol–water partition coefficient (Wildman–Crippen LogP) is 7.63. The van der Waals surface area contributed by atoms with Crippen LogP contribution in [0.2, 0.25) is 0 Å². The number of rotatable bonds is 9. The number of hydrogen-bond acceptors (Lipinski definition) is 15. The fourth-order valence-corrected chi connectivity index (χ4v) is 11.4. The maximum Gasteiger partial charge on any atom is 0.308 e. The minimum Gasteiger partial charge on any atom is -0.466 e. The molecule has 56 heavy (non-hydrogen) atoms. The van der Waals surface area contributed by atoms with E-state index in [1.165, 1.54) is 34.0 Å². The highest BCUT2D eigenvalue weighted by Gasteiger charge is 2.53. The van der Waals surface area contributed by atoms with Crippen molar-refractivity contribution in [1.29, 1.82) is 0 Å². The fourth-order valence-electron chi connectivity index (χ4n) is 8.59. The number of aliphatic hydroxyl groups is 3. The SMILES string of the molecule is CCOC(=O)C1CC(C)C(O)(c2nccs2)C(C)C1.CCOC(=O)C1CCC(O)(c2nccs2)C(C)(C)C1.CCOC(=O)C1CCC(O)(c2nccs2)C(C)C1. The Balaban J connectivity index is 0.000000187. The van der Waals surface area contributed by atoms with E-state index in [1.54, 1.807) is 18.6 Å². The van der Waals surface area contributed by atoms with Crippen molar-refractivity contribution in [3.05, 3.63) is 49.8 Å². The Hall–Kier alpha value is -2.82. The number of carbonyl (C=O) groups is 3. The van der Waals surface area contributed by atoms with E-state index in [0.717, 1.165) is 15.0 Å². The van der Waals surface area contributed by atoms with Crippen molar-refractivity contribution < 1.29 is 43.9 Å². The molecular weight excluding hydrogens is 775 g/mol. The number of nitrogens with zero attached hydrogens (tertiary/aromatic N) is 3. The van der Waals surface area contributed by atoms with Crippen molar-refractivity contribution in [3.63, 3.8) is 0 Å². The first-order valence-electron chi connectivity index (χ1n) is 19.8. The fraction of sp³-hybridized carbons (Fsp3) is 0.707. The summed E-state index contributed by atoms with van der Waals surface area (Å²) in [4.78, 5) is 48.2. The van der Waals surface area contributed by atoms with Gasteiger partial charge in [0, 0.05) is 40.1 Å². The van der Waals surface area contributed by atoms with E-state index < -0.39 is 16.8 Å². The minimum atomic E-state index is -0.940. The first-order chi connectivity index (χ1) is 26.5. The van der Waals surface area contributed by atoms with Gasteiger partial charge in [0.25, 0.3) is 0 Å². The standard InChI is InChI=1S/2C14H21NO3S.C13H19NO3S/c1-4-18-12(16)11-7-9(2)14(17,10(3)8-11)13-15-5-6-19-13;1-4-18-11(16)10-5-6-14(17,13(2,3)9-10)12-15-7-8-19-12;1-3-17-11(15)10-4-5-13(16,9(2)8-10)12-14-6-7-18-12/h5-6,9-11,17H,4,7-8H2,1-3H3;7-8,10,17H,4-6,9H2,1-3H3;6-7,9-10,16H,3-5,8H2,1-2H3. The van der Waals surface area contributed by atoms with Crippen molar-refractivity contribution in [3.8, 4) is 0 Å². The van der Waals surface area contributed by atoms with Crippen molar-refractivity contribution in [2.24, 2.45) is 40.9 Å². The van der Waals surface area contributed by atoms with Crippen molar-refractivity contribution in [1.82, 2.24) is 15.0 Å². The molecule has 7 unspecified atom stereocenters. The summed E-state index contributed by atoms with van der Waals surface area (Å²) in [5, 5.41) is 40.6. The molecule has 0 saturated heterocycles. The second-order valence-electron chi connectivity index (χ2n) is 16.0. The molecule has 3 fully saturated rings. The molecule has 312 valence electrons. The van der Waals surface area contributed by atoms with Gasteiger partial charge in [0.05, 0.1) is 37.6 Å². The number of thiazole rings is 3. The molecule has 0 spiro atoms. The Morgan fingerprint density at radius 2 is 1.07 bits per heavy atom. The summed E-state index contributed by atoms with van der Waals surface area (Å²) in [5.74, 6) is -0.703. The average Bonchev–Trinajstić information content (AvgIpc) is 3.99. The zero-order valence-corrected chi connectivity index (χ0v) is 36.5. The lowest BCUT2D eigenvalue weighted by Gasteiger charge is -2.47. The third-order valence-corrected chi connectivity index (χ3v) is 14.8. The molecule has 7 atom stereocenters. The zero-order valence-electron chi connectivity index (χ0n) is 34.1. The molecule has 6 rings (SSSR count). The lowest BCUT2D eigenvalue weighted by atomic mass is 9.62. The van der Waals surface area contributed by atoms with E-state index >= 15 is 0 Å². The van der Waals surface area contributed by atoms with Crippen LogP contribution in [0, 0.1) is 40.9 Å². The highest BCUT2D eigenvalue weighted by molar-refractivity contribution is 7.10. The van der Waals surface area contributed by atoms with Gasteiger partial charge in [0.15, 0.2) is 0 Å². The molecule has 0 aliphatic heterocycles. The average molecular weight is 836 g/mol. The summed E-state index contributed by atoms with van der Waals surface area (Å²) in [5.41, 5.74) is -3.13. The Bertz CT molecular complexity index is 1610. The van der Waals surface area contributed by atoms with Gasteiger partial charge in [-0.05, 0) is 89.9 Å². The zero-order chi connectivity index (χ0) is 41.3. The lowest BCUT2D eigenvalue weighted by Crippen LogP contribution is -2.48. The van der Waals surface area contributed by atoms with Crippen LogP contribution in [-0.4, -0.2) is 68.0 Å². The van der Waals surface area contributed by atoms with Gasteiger partial charge in [0.2, 0.25) is 0 Å². The van der Waals surface area contributed by atoms with E-state index in [2.05, 4.69) is 15.0 Å². The summed E-state index contributed by atoms with van der Waals surface area (Å²) in [6.07, 6.45) is 10.2. The molecule has 0 aromatic carbocycles. The molecule has 3 aromatic rings. The normalized spacial score (nSPS) is 32.4. The molecular formula is C41H61N3O9S3. The topological polar surface area (TPSA) is 178 Å². The lowest BCUT2D eigenvalue weighted by molar-refractivity contribution is -0.161. The van der Waals surface area contributed by atoms with E-state index in [4.69, 9.17) is 14.2 Å². The molecule has 3 heterocycles. The van der Waals surface area contributed by atoms with E-state index in [0.29, 0.717) is 71.2 Å². The Labute approximate surface area is 343 Å². The van der Waals surface area contributed by atoms with Crippen molar-refractivity contribution in [2.75, 3.05) is 19.8 Å². The smallest absolute Gasteiger partial charge is 0.308 e. The molecule has 3 aliphatic rings. The third kappa shape index (κ3) is 10.1. The summed E-state index contributed by atoms with van der Waals surface area (Å²) < 4.78 is 15.3. The van der Waals surface area contributed by atoms with Crippen LogP contribution in [0.15, 0.2) is 34.7 Å². The van der Waals surface area contributed by atoms with Gasteiger partial charge < -0.3 is 29.5 Å². The van der Waals surface area contributed by atoms with Crippen LogP contribution >= 0.6 is 34.0 Å². The van der Waals surface area contributed by atoms with Crippen LogP contribution in [0.25, 0.3) is 0 Å². The van der Waals surface area contributed by atoms with Crippen LogP contribution in [0.1, 0.15) is 122 Å². The molecule has 0 amide bonds. The van der Waals surface area contributed by atoms with Crippen LogP contribution < -0.4 is 0 Å². The Morgan fingerprint density at radius 3 is 1.52 bits per heavy atom. The van der Waals surface area contributed by atoms with Gasteiger partial charge >= 0.3 is 17.9 Å². The summed E-state index contributed by atoms with van der Waals surface area (Å²) in [7, 11) is 0. The second-order valence-corrected chi connectivity index (χ2v) is 18.7. The molecule has 3 aliphatic carbocycles.